The van der Waals surface area contributed by atoms with Crippen LogP contribution in [0.4, 0.5) is 0 Å². The van der Waals surface area contributed by atoms with E-state index in [1.807, 2.05) is 18.2 Å². The van der Waals surface area contributed by atoms with Gasteiger partial charge in [0.1, 0.15) is 5.75 Å². The van der Waals surface area contributed by atoms with E-state index in [-0.39, 0.29) is 5.84 Å². The number of nitrogens with zero attached hydrogens (tertiary/aromatic N) is 2. The molecule has 1 heterocycles. The molecule has 7 heteroatoms. The van der Waals surface area contributed by atoms with Gasteiger partial charge in [0.15, 0.2) is 0 Å². The third-order valence-electron chi connectivity index (χ3n) is 4.80. The van der Waals surface area contributed by atoms with Gasteiger partial charge in [-0.25, -0.2) is 0 Å². The van der Waals surface area contributed by atoms with Gasteiger partial charge < -0.3 is 15.0 Å². The Morgan fingerprint density at radius 1 is 1.13 bits per heavy atom. The van der Waals surface area contributed by atoms with E-state index in [9.17, 15) is 0 Å². The average molecular weight is 496 g/mol. The molecule has 6 nitrogen and oxygen atoms in total. The Morgan fingerprint density at radius 3 is 2.42 bits per heavy atom. The van der Waals surface area contributed by atoms with E-state index in [1.165, 1.54) is 51.9 Å². The van der Waals surface area contributed by atoms with Crippen molar-refractivity contribution in [2.24, 2.45) is 5.73 Å². The first-order chi connectivity index (χ1) is 14.9. The lowest BCUT2D eigenvalue weighted by molar-refractivity contribution is 0.302. The van der Waals surface area contributed by atoms with Crippen molar-refractivity contribution in [3.8, 4) is 17.1 Å². The fraction of sp³-hybridized carbons (Fsp3) is 0.625. The van der Waals surface area contributed by atoms with E-state index < -0.39 is 0 Å². The molecule has 3 N–H and O–H groups in total. The zero-order valence-electron chi connectivity index (χ0n) is 19.5. The number of hydrogen-bond acceptors (Lipinski definition) is 5. The summed E-state index contributed by atoms with van der Waals surface area (Å²) < 4.78 is 12.3. The van der Waals surface area contributed by atoms with Gasteiger partial charge in [0.25, 0.3) is 0 Å². The second kappa shape index (κ2) is 15.8. The van der Waals surface area contributed by atoms with Crippen LogP contribution in [0.25, 0.3) is 11.4 Å². The van der Waals surface area contributed by atoms with Crippen LogP contribution in [0.15, 0.2) is 27.2 Å². The van der Waals surface area contributed by atoms with E-state index in [2.05, 4.69) is 46.8 Å². The Morgan fingerprint density at radius 2 is 1.77 bits per heavy atom. The van der Waals surface area contributed by atoms with Gasteiger partial charge in [-0.2, -0.15) is 4.98 Å². The molecule has 0 aliphatic carbocycles. The molecule has 0 bridgehead atoms. The number of nitrogens with one attached hydrogen (secondary N) is 1. The minimum atomic E-state index is 0.167. The molecule has 31 heavy (non-hydrogen) atoms. The fourth-order valence-corrected chi connectivity index (χ4v) is 3.50. The monoisotopic (exact) mass is 494 g/mol. The number of rotatable bonds is 13. The highest BCUT2D eigenvalue weighted by molar-refractivity contribution is 9.10. The standard InChI is InChI=1S/C22H33BrN2O2.C2H6N2/c1-4-6-8-9-10-11-15-26-20-14-13-18(16-19(20)23)21-24-22(27-25-21)17(3)12-7-5-2;1-2(3)4/h13-14,16-17H,4-12,15H2,1-3H3;1H3,(H3,3,4)/t17-;/m0./s1. The first-order valence-electron chi connectivity index (χ1n) is 11.5. The molecule has 2 aromatic rings. The van der Waals surface area contributed by atoms with Crippen LogP contribution in [0.2, 0.25) is 0 Å². The summed E-state index contributed by atoms with van der Waals surface area (Å²) in [5, 5.41) is 10.4. The van der Waals surface area contributed by atoms with Crippen molar-refractivity contribution in [2.45, 2.75) is 91.4 Å². The number of amidine groups is 1. The van der Waals surface area contributed by atoms with Crippen LogP contribution in [-0.2, 0) is 0 Å². The van der Waals surface area contributed by atoms with Crippen LogP contribution in [-0.4, -0.2) is 22.6 Å². The number of ether oxygens (including phenoxy) is 1. The molecule has 1 aromatic carbocycles. The van der Waals surface area contributed by atoms with Crippen molar-refractivity contribution in [3.63, 3.8) is 0 Å². The Balaban J connectivity index is 0.00000110. The summed E-state index contributed by atoms with van der Waals surface area (Å²) in [4.78, 5) is 4.58. The first kappa shape index (κ1) is 27.1. The van der Waals surface area contributed by atoms with E-state index in [1.54, 1.807) is 0 Å². The van der Waals surface area contributed by atoms with E-state index >= 15 is 0 Å². The number of nitrogens with two attached hydrogens (primary N) is 1. The van der Waals surface area contributed by atoms with Gasteiger partial charge in [-0.05, 0) is 53.9 Å². The summed E-state index contributed by atoms with van der Waals surface area (Å²) >= 11 is 3.61. The number of hydrogen-bond donors (Lipinski definition) is 2. The summed E-state index contributed by atoms with van der Waals surface area (Å²) in [6.45, 7) is 8.86. The second-order valence-electron chi connectivity index (χ2n) is 7.94. The van der Waals surface area contributed by atoms with E-state index in [0.717, 1.165) is 41.1 Å². The lowest BCUT2D eigenvalue weighted by Gasteiger charge is -2.09. The van der Waals surface area contributed by atoms with Crippen LogP contribution in [0.3, 0.4) is 0 Å². The minimum absolute atomic E-state index is 0.167. The molecular weight excluding hydrogens is 456 g/mol. The first-order valence-corrected chi connectivity index (χ1v) is 12.2. The zero-order chi connectivity index (χ0) is 23.1. The largest absolute Gasteiger partial charge is 0.492 e. The van der Waals surface area contributed by atoms with Crippen LogP contribution in [0, 0.1) is 5.41 Å². The molecule has 0 saturated heterocycles. The van der Waals surface area contributed by atoms with E-state index in [0.29, 0.717) is 11.7 Å². The third kappa shape index (κ3) is 11.3. The van der Waals surface area contributed by atoms with Crippen LogP contribution in [0.1, 0.15) is 97.3 Å². The van der Waals surface area contributed by atoms with Gasteiger partial charge in [0, 0.05) is 11.5 Å². The molecule has 0 saturated carbocycles. The SMILES string of the molecule is CC(=N)N.CCCCCCCCOc1ccc(-c2noc([C@@H](C)CCCC)n2)cc1Br. The maximum atomic E-state index is 6.28. The highest BCUT2D eigenvalue weighted by atomic mass is 79.9. The normalized spacial score (nSPS) is 11.5. The molecule has 0 spiro atoms. The molecule has 0 unspecified atom stereocenters. The van der Waals surface area contributed by atoms with Gasteiger partial charge in [-0.1, -0.05) is 70.9 Å². The number of halogens is 1. The predicted octanol–water partition coefficient (Wildman–Crippen LogP) is 7.47. The highest BCUT2D eigenvalue weighted by Gasteiger charge is 2.15. The van der Waals surface area contributed by atoms with Crippen molar-refractivity contribution in [3.05, 3.63) is 28.6 Å². The summed E-state index contributed by atoms with van der Waals surface area (Å²) in [7, 11) is 0. The van der Waals surface area contributed by atoms with Gasteiger partial charge in [0.05, 0.1) is 16.9 Å². The fourth-order valence-electron chi connectivity index (χ4n) is 3.01. The average Bonchev–Trinajstić information content (AvgIpc) is 3.22. The summed E-state index contributed by atoms with van der Waals surface area (Å²) in [6.07, 6.45) is 11.0. The molecule has 0 radical (unpaired) electrons. The number of aromatic nitrogens is 2. The predicted molar refractivity (Wildman–Crippen MR) is 132 cm³/mol. The Hall–Kier alpha value is -1.89. The summed E-state index contributed by atoms with van der Waals surface area (Å²) in [5.74, 6) is 2.69. The van der Waals surface area contributed by atoms with Crippen LogP contribution in [0.5, 0.6) is 5.75 Å². The maximum absolute atomic E-state index is 6.28. The molecule has 1 aromatic heterocycles. The Kier molecular flexibility index (Phi) is 13.9. The quantitative estimate of drug-likeness (QED) is 0.171. The van der Waals surface area contributed by atoms with Crippen molar-refractivity contribution >= 4 is 21.8 Å². The molecule has 174 valence electrons. The van der Waals surface area contributed by atoms with Crippen molar-refractivity contribution in [2.75, 3.05) is 6.61 Å². The van der Waals surface area contributed by atoms with Gasteiger partial charge in [-0.15, -0.1) is 0 Å². The van der Waals surface area contributed by atoms with Gasteiger partial charge >= 0.3 is 0 Å². The topological polar surface area (TPSA) is 98.0 Å². The molecule has 0 aliphatic rings. The Labute approximate surface area is 196 Å². The maximum Gasteiger partial charge on any atom is 0.229 e. The van der Waals surface area contributed by atoms with E-state index in [4.69, 9.17) is 20.4 Å². The summed E-state index contributed by atoms with van der Waals surface area (Å²) in [6, 6.07) is 5.97. The second-order valence-corrected chi connectivity index (χ2v) is 8.80. The van der Waals surface area contributed by atoms with Crippen LogP contribution >= 0.6 is 15.9 Å². The molecule has 0 aliphatic heterocycles. The number of benzene rings is 1. The van der Waals surface area contributed by atoms with Crippen molar-refractivity contribution in [1.29, 1.82) is 5.41 Å². The third-order valence-corrected chi connectivity index (χ3v) is 5.42. The van der Waals surface area contributed by atoms with Crippen molar-refractivity contribution in [1.82, 2.24) is 10.1 Å². The summed E-state index contributed by atoms with van der Waals surface area (Å²) in [5.41, 5.74) is 5.63. The van der Waals surface area contributed by atoms with Crippen LogP contribution < -0.4 is 10.5 Å². The Bertz CT molecular complexity index is 760. The molecular formula is C24H39BrN4O2. The smallest absolute Gasteiger partial charge is 0.229 e. The number of unbranched alkanes of at least 4 members (excludes halogenated alkanes) is 6. The molecule has 0 amide bonds. The van der Waals surface area contributed by atoms with Gasteiger partial charge in [-0.3, -0.25) is 5.41 Å². The molecule has 0 fully saturated rings. The van der Waals surface area contributed by atoms with Crippen molar-refractivity contribution < 1.29 is 9.26 Å². The lowest BCUT2D eigenvalue weighted by atomic mass is 10.0. The minimum Gasteiger partial charge on any atom is -0.492 e. The highest BCUT2D eigenvalue weighted by Crippen LogP contribution is 2.31. The molecule has 1 atom stereocenters. The zero-order valence-corrected chi connectivity index (χ0v) is 21.1. The lowest BCUT2D eigenvalue weighted by Crippen LogP contribution is -2.00. The molecule has 2 rings (SSSR count). The van der Waals surface area contributed by atoms with Gasteiger partial charge in [0.2, 0.25) is 11.7 Å².